The van der Waals surface area contributed by atoms with E-state index in [2.05, 4.69) is 10.3 Å². The van der Waals surface area contributed by atoms with Crippen molar-refractivity contribution in [3.05, 3.63) is 29.0 Å². The number of aromatic nitrogens is 1. The molecule has 88 valence electrons. The highest BCUT2D eigenvalue weighted by Crippen LogP contribution is 2.06. The summed E-state index contributed by atoms with van der Waals surface area (Å²) in [7, 11) is 0. The minimum Gasteiger partial charge on any atom is -0.465 e. The van der Waals surface area contributed by atoms with Crippen molar-refractivity contribution in [3.63, 3.8) is 0 Å². The van der Waals surface area contributed by atoms with Crippen LogP contribution in [0.2, 0.25) is 5.15 Å². The fourth-order valence-electron chi connectivity index (χ4n) is 1.05. The molecule has 1 aromatic rings. The van der Waals surface area contributed by atoms with Crippen molar-refractivity contribution >= 4 is 17.7 Å². The third-order valence-electron chi connectivity index (χ3n) is 1.80. The zero-order valence-corrected chi connectivity index (χ0v) is 9.41. The van der Waals surface area contributed by atoms with E-state index in [1.807, 2.05) is 6.07 Å². The van der Waals surface area contributed by atoms with Crippen LogP contribution in [0.3, 0.4) is 0 Å². The highest BCUT2D eigenvalue weighted by Gasteiger charge is 1.96. The molecule has 0 fully saturated rings. The molecule has 6 heteroatoms. The molecule has 0 aliphatic heterocycles. The van der Waals surface area contributed by atoms with E-state index in [-0.39, 0.29) is 0 Å². The SMILES string of the molecule is O=C(O)NCCCOCc1ccc(Cl)nc1. The summed E-state index contributed by atoms with van der Waals surface area (Å²) in [6.45, 7) is 1.36. The van der Waals surface area contributed by atoms with Crippen LogP contribution in [0.1, 0.15) is 12.0 Å². The number of rotatable bonds is 6. The van der Waals surface area contributed by atoms with Gasteiger partial charge in [0.25, 0.3) is 0 Å². The molecule has 1 rings (SSSR count). The normalized spacial score (nSPS) is 10.1. The number of nitrogens with zero attached hydrogens (tertiary/aromatic N) is 1. The van der Waals surface area contributed by atoms with Crippen LogP contribution in [-0.4, -0.2) is 29.3 Å². The van der Waals surface area contributed by atoms with Crippen LogP contribution in [-0.2, 0) is 11.3 Å². The van der Waals surface area contributed by atoms with Crippen molar-refractivity contribution in [1.29, 1.82) is 0 Å². The fourth-order valence-corrected chi connectivity index (χ4v) is 1.16. The van der Waals surface area contributed by atoms with Gasteiger partial charge in [0.05, 0.1) is 6.61 Å². The van der Waals surface area contributed by atoms with Gasteiger partial charge in [-0.2, -0.15) is 0 Å². The number of pyridine rings is 1. The van der Waals surface area contributed by atoms with Crippen molar-refractivity contribution in [2.75, 3.05) is 13.2 Å². The number of amides is 1. The Morgan fingerprint density at radius 1 is 1.56 bits per heavy atom. The van der Waals surface area contributed by atoms with E-state index < -0.39 is 6.09 Å². The molecule has 1 amide bonds. The van der Waals surface area contributed by atoms with E-state index in [9.17, 15) is 4.79 Å². The molecule has 5 nitrogen and oxygen atoms in total. The Bertz CT molecular complexity index is 329. The lowest BCUT2D eigenvalue weighted by Gasteiger charge is -2.04. The molecule has 1 aromatic heterocycles. The van der Waals surface area contributed by atoms with E-state index in [0.29, 0.717) is 31.3 Å². The minimum absolute atomic E-state index is 0.397. The molecule has 0 aromatic carbocycles. The quantitative estimate of drug-likeness (QED) is 0.592. The molecule has 0 atom stereocenters. The lowest BCUT2D eigenvalue weighted by molar-refractivity contribution is 0.117. The molecule has 0 aliphatic rings. The third kappa shape index (κ3) is 5.53. The standard InChI is InChI=1S/C10H13ClN2O3/c11-9-3-2-8(6-13-9)7-16-5-1-4-12-10(14)15/h2-3,6,12H,1,4-5,7H2,(H,14,15). The molecule has 0 aliphatic carbocycles. The Labute approximate surface area is 98.4 Å². The lowest BCUT2D eigenvalue weighted by Crippen LogP contribution is -2.22. The second-order valence-corrected chi connectivity index (χ2v) is 3.51. The molecular formula is C10H13ClN2O3. The van der Waals surface area contributed by atoms with Gasteiger partial charge in [-0.25, -0.2) is 9.78 Å². The second-order valence-electron chi connectivity index (χ2n) is 3.13. The van der Waals surface area contributed by atoms with Crippen molar-refractivity contribution < 1.29 is 14.6 Å². The van der Waals surface area contributed by atoms with Crippen LogP contribution in [0.15, 0.2) is 18.3 Å². The molecule has 0 radical (unpaired) electrons. The predicted octanol–water partition coefficient (Wildman–Crippen LogP) is 1.91. The molecule has 0 saturated heterocycles. The molecule has 0 saturated carbocycles. The third-order valence-corrected chi connectivity index (χ3v) is 2.02. The van der Waals surface area contributed by atoms with Crippen LogP contribution in [0.25, 0.3) is 0 Å². The van der Waals surface area contributed by atoms with Crippen LogP contribution in [0.5, 0.6) is 0 Å². The number of carboxylic acid groups (broad SMARTS) is 1. The average molecular weight is 245 g/mol. The fraction of sp³-hybridized carbons (Fsp3) is 0.400. The topological polar surface area (TPSA) is 71.5 Å². The summed E-state index contributed by atoms with van der Waals surface area (Å²) in [5, 5.41) is 11.0. The highest BCUT2D eigenvalue weighted by atomic mass is 35.5. The number of carbonyl (C=O) groups is 1. The Morgan fingerprint density at radius 2 is 2.38 bits per heavy atom. The summed E-state index contributed by atoms with van der Waals surface area (Å²) in [6, 6.07) is 3.54. The summed E-state index contributed by atoms with van der Waals surface area (Å²) in [5.74, 6) is 0. The van der Waals surface area contributed by atoms with E-state index in [1.54, 1.807) is 12.3 Å². The van der Waals surface area contributed by atoms with Crippen molar-refractivity contribution in [1.82, 2.24) is 10.3 Å². The molecule has 0 unspecified atom stereocenters. The number of nitrogens with one attached hydrogen (secondary N) is 1. The van der Waals surface area contributed by atoms with Gasteiger partial charge in [0.2, 0.25) is 0 Å². The molecular weight excluding hydrogens is 232 g/mol. The zero-order chi connectivity index (χ0) is 11.8. The van der Waals surface area contributed by atoms with Gasteiger partial charge in [0.15, 0.2) is 0 Å². The van der Waals surface area contributed by atoms with Crippen molar-refractivity contribution in [2.24, 2.45) is 0 Å². The summed E-state index contributed by atoms with van der Waals surface area (Å²) >= 11 is 5.63. The van der Waals surface area contributed by atoms with Crippen LogP contribution >= 0.6 is 11.6 Å². The Balaban J connectivity index is 2.07. The van der Waals surface area contributed by atoms with Gasteiger partial charge in [0, 0.05) is 19.3 Å². The minimum atomic E-state index is -1.01. The van der Waals surface area contributed by atoms with Gasteiger partial charge in [-0.1, -0.05) is 17.7 Å². The average Bonchev–Trinajstić information content (AvgIpc) is 2.25. The smallest absolute Gasteiger partial charge is 0.404 e. The maximum Gasteiger partial charge on any atom is 0.404 e. The molecule has 2 N–H and O–H groups in total. The summed E-state index contributed by atoms with van der Waals surface area (Å²) in [4.78, 5) is 14.0. The maximum absolute atomic E-state index is 10.1. The van der Waals surface area contributed by atoms with Gasteiger partial charge >= 0.3 is 6.09 Å². The lowest BCUT2D eigenvalue weighted by atomic mass is 10.3. The first kappa shape index (κ1) is 12.7. The largest absolute Gasteiger partial charge is 0.465 e. The van der Waals surface area contributed by atoms with E-state index in [1.165, 1.54) is 0 Å². The number of halogens is 1. The maximum atomic E-state index is 10.1. The number of ether oxygens (including phenoxy) is 1. The van der Waals surface area contributed by atoms with Crippen LogP contribution < -0.4 is 5.32 Å². The van der Waals surface area contributed by atoms with E-state index >= 15 is 0 Å². The first-order chi connectivity index (χ1) is 7.68. The Kier molecular flexibility index (Phi) is 5.60. The monoisotopic (exact) mass is 244 g/mol. The van der Waals surface area contributed by atoms with Gasteiger partial charge in [-0.3, -0.25) is 0 Å². The Hall–Kier alpha value is -1.33. The van der Waals surface area contributed by atoms with E-state index in [4.69, 9.17) is 21.4 Å². The van der Waals surface area contributed by atoms with Gasteiger partial charge in [0.1, 0.15) is 5.15 Å². The van der Waals surface area contributed by atoms with Crippen LogP contribution in [0, 0.1) is 0 Å². The second kappa shape index (κ2) is 7.03. The Morgan fingerprint density at radius 3 is 3.00 bits per heavy atom. The first-order valence-corrected chi connectivity index (χ1v) is 5.21. The summed E-state index contributed by atoms with van der Waals surface area (Å²) < 4.78 is 5.33. The summed E-state index contributed by atoms with van der Waals surface area (Å²) in [5.41, 5.74) is 0.940. The molecule has 1 heterocycles. The molecule has 0 spiro atoms. The van der Waals surface area contributed by atoms with Gasteiger partial charge in [-0.05, 0) is 18.1 Å². The van der Waals surface area contributed by atoms with Gasteiger partial charge < -0.3 is 15.2 Å². The number of hydrogen-bond donors (Lipinski definition) is 2. The van der Waals surface area contributed by atoms with Crippen molar-refractivity contribution in [2.45, 2.75) is 13.0 Å². The zero-order valence-electron chi connectivity index (χ0n) is 8.65. The van der Waals surface area contributed by atoms with E-state index in [0.717, 1.165) is 5.56 Å². The predicted molar refractivity (Wildman–Crippen MR) is 59.5 cm³/mol. The summed E-state index contributed by atoms with van der Waals surface area (Å²) in [6.07, 6.45) is 1.28. The van der Waals surface area contributed by atoms with Crippen molar-refractivity contribution in [3.8, 4) is 0 Å². The van der Waals surface area contributed by atoms with Crippen LogP contribution in [0.4, 0.5) is 4.79 Å². The van der Waals surface area contributed by atoms with Gasteiger partial charge in [-0.15, -0.1) is 0 Å². The number of hydrogen-bond acceptors (Lipinski definition) is 3. The highest BCUT2D eigenvalue weighted by molar-refractivity contribution is 6.29. The first-order valence-electron chi connectivity index (χ1n) is 4.83. The molecule has 16 heavy (non-hydrogen) atoms. The molecule has 0 bridgehead atoms.